The Morgan fingerprint density at radius 1 is 0.429 bits per heavy atom. The smallest absolute Gasteiger partial charge is 0.0661 e. The third kappa shape index (κ3) is 94.4. The van der Waals surface area contributed by atoms with Gasteiger partial charge in [0.15, 0.2) is 0 Å². The zero-order valence-electron chi connectivity index (χ0n) is 16.1. The highest BCUT2D eigenvalue weighted by atomic mass is 79.9. The van der Waals surface area contributed by atoms with E-state index in [-0.39, 0.29) is 34.0 Å². The molecule has 2 N–H and O–H groups in total. The highest BCUT2D eigenvalue weighted by Gasteiger charge is 1.88. The Kier molecular flexibility index (Phi) is 52.2. The normalized spacial score (nSPS) is 8.86. The van der Waals surface area contributed by atoms with E-state index in [1.807, 2.05) is 0 Å². The van der Waals surface area contributed by atoms with E-state index in [9.17, 15) is 0 Å². The quantitative estimate of drug-likeness (QED) is 0.360. The van der Waals surface area contributed by atoms with Crippen LogP contribution in [-0.2, 0) is 0 Å². The van der Waals surface area contributed by atoms with Gasteiger partial charge in [-0.1, -0.05) is 71.6 Å². The van der Waals surface area contributed by atoms with Gasteiger partial charge in [-0.15, -0.1) is 0 Å². The number of nitrogens with one attached hydrogen (secondary N) is 2. The number of hydrogen-bond donors (Lipinski definition) is 2. The summed E-state index contributed by atoms with van der Waals surface area (Å²) >= 11 is 0. The van der Waals surface area contributed by atoms with Crippen molar-refractivity contribution in [1.82, 2.24) is 0 Å². The fourth-order valence-electron chi connectivity index (χ4n) is 1.38. The molecule has 4 heteroatoms. The van der Waals surface area contributed by atoms with E-state index in [2.05, 4.69) is 56.1 Å². The molecule has 0 radical (unpaired) electrons. The molecule has 0 saturated carbocycles. The number of quaternary nitrogens is 2. The molecule has 0 bridgehead atoms. The SMILES string of the molecule is CCCCCCCCCCC.C[NH+](C)C.C[NH+](C)C.[Br-].[Br-]. The lowest BCUT2D eigenvalue weighted by Gasteiger charge is -1.98. The summed E-state index contributed by atoms with van der Waals surface area (Å²) in [7, 11) is 12.5. The van der Waals surface area contributed by atoms with Crippen LogP contribution in [0.15, 0.2) is 0 Å². The van der Waals surface area contributed by atoms with E-state index in [0.717, 1.165) is 0 Å². The number of rotatable bonds is 8. The Balaban J connectivity index is -0.0000000722. The summed E-state index contributed by atoms with van der Waals surface area (Å²) < 4.78 is 0. The van der Waals surface area contributed by atoms with Crippen LogP contribution in [0.25, 0.3) is 0 Å². The highest BCUT2D eigenvalue weighted by Crippen LogP contribution is 2.08. The molecule has 136 valence electrons. The lowest BCUT2D eigenvalue weighted by atomic mass is 10.1. The molecule has 0 aliphatic carbocycles. The molecule has 0 aromatic heterocycles. The molecule has 0 saturated heterocycles. The minimum Gasteiger partial charge on any atom is -1.00 e. The van der Waals surface area contributed by atoms with Crippen LogP contribution in [-0.4, -0.2) is 42.3 Å². The maximum Gasteiger partial charge on any atom is 0.0661 e. The highest BCUT2D eigenvalue weighted by molar-refractivity contribution is 4.44. The molecule has 0 aromatic carbocycles. The van der Waals surface area contributed by atoms with Gasteiger partial charge in [-0.25, -0.2) is 0 Å². The third-order valence-corrected chi connectivity index (χ3v) is 2.21. The molecule has 0 rings (SSSR count). The van der Waals surface area contributed by atoms with E-state index in [1.54, 1.807) is 0 Å². The Hall–Kier alpha value is 0.880. The zero-order valence-corrected chi connectivity index (χ0v) is 19.3. The van der Waals surface area contributed by atoms with Crippen molar-refractivity contribution >= 4 is 0 Å². The fourth-order valence-corrected chi connectivity index (χ4v) is 1.38. The molecule has 0 aliphatic rings. The monoisotopic (exact) mass is 434 g/mol. The van der Waals surface area contributed by atoms with E-state index in [1.165, 1.54) is 67.6 Å². The molecule has 0 aromatic rings. The summed E-state index contributed by atoms with van der Waals surface area (Å²) in [5, 5.41) is 0. The van der Waals surface area contributed by atoms with Crippen molar-refractivity contribution in [3.63, 3.8) is 0 Å². The van der Waals surface area contributed by atoms with Gasteiger partial charge in [-0.05, 0) is 0 Å². The molecule has 0 amide bonds. The van der Waals surface area contributed by atoms with Gasteiger partial charge in [0.25, 0.3) is 0 Å². The van der Waals surface area contributed by atoms with Gasteiger partial charge in [0.05, 0.1) is 42.3 Å². The predicted molar refractivity (Wildman–Crippen MR) is 90.4 cm³/mol. The minimum atomic E-state index is 0. The van der Waals surface area contributed by atoms with Crippen LogP contribution in [0.1, 0.15) is 71.6 Å². The summed E-state index contributed by atoms with van der Waals surface area (Å²) in [6, 6.07) is 0. The van der Waals surface area contributed by atoms with Gasteiger partial charge >= 0.3 is 0 Å². The van der Waals surface area contributed by atoms with Crippen molar-refractivity contribution < 1.29 is 43.8 Å². The second-order valence-corrected chi connectivity index (χ2v) is 6.47. The van der Waals surface area contributed by atoms with Gasteiger partial charge in [0, 0.05) is 0 Å². The first-order valence-electron chi connectivity index (χ1n) is 8.41. The Morgan fingerprint density at radius 2 is 0.571 bits per heavy atom. The minimum absolute atomic E-state index is 0. The summed E-state index contributed by atoms with van der Waals surface area (Å²) in [5.74, 6) is 0. The zero-order chi connectivity index (χ0) is 15.5. The molecular weight excluding hydrogens is 392 g/mol. The molecule has 0 spiro atoms. The van der Waals surface area contributed by atoms with Gasteiger partial charge in [-0.2, -0.15) is 0 Å². The summed E-state index contributed by atoms with van der Waals surface area (Å²) in [4.78, 5) is 2.83. The number of halogens is 2. The van der Waals surface area contributed by atoms with E-state index in [0.29, 0.717) is 0 Å². The lowest BCUT2D eigenvalue weighted by molar-refractivity contribution is -0.836. The van der Waals surface area contributed by atoms with Crippen molar-refractivity contribution in [2.75, 3.05) is 42.3 Å². The molecular formula is C17H44Br2N2. The lowest BCUT2D eigenvalue weighted by Crippen LogP contribution is -3.02. The number of hydrogen-bond acceptors (Lipinski definition) is 0. The van der Waals surface area contributed by atoms with Gasteiger partial charge in [0.2, 0.25) is 0 Å². The van der Waals surface area contributed by atoms with Crippen molar-refractivity contribution in [2.45, 2.75) is 71.6 Å². The maximum atomic E-state index is 2.27. The van der Waals surface area contributed by atoms with E-state index < -0.39 is 0 Å². The van der Waals surface area contributed by atoms with Crippen LogP contribution in [0.5, 0.6) is 0 Å². The summed E-state index contributed by atoms with van der Waals surface area (Å²) in [6.07, 6.45) is 13.0. The summed E-state index contributed by atoms with van der Waals surface area (Å²) in [5.41, 5.74) is 0. The van der Waals surface area contributed by atoms with Crippen LogP contribution in [0.2, 0.25) is 0 Å². The van der Waals surface area contributed by atoms with Crippen LogP contribution >= 0.6 is 0 Å². The first-order chi connectivity index (χ1) is 8.88. The Labute approximate surface area is 157 Å². The largest absolute Gasteiger partial charge is 1.00 e. The van der Waals surface area contributed by atoms with Crippen molar-refractivity contribution in [2.24, 2.45) is 0 Å². The van der Waals surface area contributed by atoms with Crippen LogP contribution < -0.4 is 43.8 Å². The van der Waals surface area contributed by atoms with Crippen molar-refractivity contribution in [1.29, 1.82) is 0 Å². The predicted octanol–water partition coefficient (Wildman–Crippen LogP) is -3.93. The van der Waals surface area contributed by atoms with Gasteiger partial charge < -0.3 is 43.8 Å². The topological polar surface area (TPSA) is 8.88 Å². The van der Waals surface area contributed by atoms with Crippen LogP contribution in [0.3, 0.4) is 0 Å². The van der Waals surface area contributed by atoms with Gasteiger partial charge in [0.1, 0.15) is 0 Å². The maximum absolute atomic E-state index is 2.27. The molecule has 0 unspecified atom stereocenters. The molecule has 0 atom stereocenters. The first-order valence-corrected chi connectivity index (χ1v) is 8.41. The molecule has 0 heterocycles. The molecule has 2 nitrogen and oxygen atoms in total. The van der Waals surface area contributed by atoms with E-state index >= 15 is 0 Å². The second kappa shape index (κ2) is 32.7. The van der Waals surface area contributed by atoms with Gasteiger partial charge in [-0.3, -0.25) is 0 Å². The van der Waals surface area contributed by atoms with Crippen molar-refractivity contribution in [3.05, 3.63) is 0 Å². The molecule has 21 heavy (non-hydrogen) atoms. The fraction of sp³-hybridized carbons (Fsp3) is 1.00. The average Bonchev–Trinajstić information content (AvgIpc) is 2.26. The number of unbranched alkanes of at least 4 members (excludes halogenated alkanes) is 8. The Morgan fingerprint density at radius 3 is 0.714 bits per heavy atom. The second-order valence-electron chi connectivity index (χ2n) is 6.47. The Bertz CT molecular complexity index is 112. The standard InChI is InChI=1S/C11H24.2C3H9N.2BrH/c1-3-5-7-9-11-10-8-6-4-2;2*1-4(2)3;;/h3-11H2,1-2H3;2*1-3H3;2*1H. The molecule has 0 fully saturated rings. The van der Waals surface area contributed by atoms with Crippen LogP contribution in [0, 0.1) is 0 Å². The molecule has 0 aliphatic heterocycles. The third-order valence-electron chi connectivity index (χ3n) is 2.21. The van der Waals surface area contributed by atoms with Crippen molar-refractivity contribution in [3.8, 4) is 0 Å². The average molecular weight is 436 g/mol. The van der Waals surface area contributed by atoms with Crippen LogP contribution in [0.4, 0.5) is 0 Å². The first kappa shape index (κ1) is 33.5. The van der Waals surface area contributed by atoms with E-state index in [4.69, 9.17) is 0 Å². The summed E-state index contributed by atoms with van der Waals surface area (Å²) in [6.45, 7) is 4.55.